The van der Waals surface area contributed by atoms with Crippen LogP contribution in [-0.2, 0) is 10.0 Å². The minimum Gasteiger partial charge on any atom is -0.393 e. The van der Waals surface area contributed by atoms with Crippen LogP contribution < -0.4 is 10.0 Å². The van der Waals surface area contributed by atoms with Crippen molar-refractivity contribution in [3.63, 3.8) is 0 Å². The lowest BCUT2D eigenvalue weighted by Gasteiger charge is -2.20. The second kappa shape index (κ2) is 6.77. The SMILES string of the molecule is CC(NCC1CCCC1O)c1ccc(NS(C)(=O)=O)cc1. The average molecular weight is 312 g/mol. The summed E-state index contributed by atoms with van der Waals surface area (Å²) in [7, 11) is -3.23. The zero-order chi connectivity index (χ0) is 15.5. The van der Waals surface area contributed by atoms with Crippen LogP contribution >= 0.6 is 0 Å². The van der Waals surface area contributed by atoms with Crippen LogP contribution in [0.4, 0.5) is 5.69 Å². The summed E-state index contributed by atoms with van der Waals surface area (Å²) in [6, 6.07) is 7.52. The summed E-state index contributed by atoms with van der Waals surface area (Å²) in [5.41, 5.74) is 1.67. The van der Waals surface area contributed by atoms with Gasteiger partial charge in [0, 0.05) is 18.3 Å². The number of nitrogens with one attached hydrogen (secondary N) is 2. The van der Waals surface area contributed by atoms with E-state index in [0.717, 1.165) is 37.6 Å². The number of aliphatic hydroxyl groups excluding tert-OH is 1. The van der Waals surface area contributed by atoms with E-state index < -0.39 is 10.0 Å². The molecule has 3 unspecified atom stereocenters. The third-order valence-corrected chi connectivity index (χ3v) is 4.63. The predicted molar refractivity (Wildman–Crippen MR) is 84.7 cm³/mol. The van der Waals surface area contributed by atoms with Crippen LogP contribution in [0.1, 0.15) is 37.8 Å². The Morgan fingerprint density at radius 1 is 1.29 bits per heavy atom. The van der Waals surface area contributed by atoms with Crippen molar-refractivity contribution in [2.24, 2.45) is 5.92 Å². The lowest BCUT2D eigenvalue weighted by Crippen LogP contribution is -2.29. The first-order chi connectivity index (χ1) is 9.85. The molecule has 1 fully saturated rings. The van der Waals surface area contributed by atoms with E-state index in [1.165, 1.54) is 0 Å². The number of anilines is 1. The third-order valence-electron chi connectivity index (χ3n) is 4.02. The summed E-state index contributed by atoms with van der Waals surface area (Å²) < 4.78 is 24.8. The molecular formula is C15H24N2O3S. The first-order valence-corrected chi connectivity index (χ1v) is 9.23. The molecule has 1 aromatic carbocycles. The minimum absolute atomic E-state index is 0.171. The molecule has 0 heterocycles. The Hall–Kier alpha value is -1.11. The smallest absolute Gasteiger partial charge is 0.229 e. The number of sulfonamides is 1. The van der Waals surface area contributed by atoms with Gasteiger partial charge in [-0.3, -0.25) is 4.72 Å². The zero-order valence-electron chi connectivity index (χ0n) is 12.5. The maximum atomic E-state index is 11.2. The van der Waals surface area contributed by atoms with Crippen LogP contribution in [0.25, 0.3) is 0 Å². The molecule has 0 aromatic heterocycles. The Bertz CT molecular complexity index is 557. The standard InChI is InChI=1S/C15H24N2O3S/c1-11(16-10-13-4-3-5-15(13)18)12-6-8-14(9-7-12)17-21(2,19)20/h6-9,11,13,15-18H,3-5,10H2,1-2H3. The summed E-state index contributed by atoms with van der Waals surface area (Å²) in [6.07, 6.45) is 4.06. The van der Waals surface area contributed by atoms with Gasteiger partial charge >= 0.3 is 0 Å². The molecule has 1 aromatic rings. The molecule has 1 saturated carbocycles. The predicted octanol–water partition coefficient (Wildman–Crippen LogP) is 1.87. The molecule has 5 nitrogen and oxygen atoms in total. The molecule has 1 aliphatic carbocycles. The lowest BCUT2D eigenvalue weighted by atomic mass is 10.0. The van der Waals surface area contributed by atoms with Gasteiger partial charge in [-0.15, -0.1) is 0 Å². The summed E-state index contributed by atoms with van der Waals surface area (Å²) in [5, 5.41) is 13.3. The van der Waals surface area contributed by atoms with E-state index in [0.29, 0.717) is 11.6 Å². The molecule has 0 saturated heterocycles. The van der Waals surface area contributed by atoms with E-state index in [4.69, 9.17) is 0 Å². The highest BCUT2D eigenvalue weighted by molar-refractivity contribution is 7.92. The van der Waals surface area contributed by atoms with Gasteiger partial charge in [0.2, 0.25) is 10.0 Å². The number of hydrogen-bond acceptors (Lipinski definition) is 4. The largest absolute Gasteiger partial charge is 0.393 e. The number of aliphatic hydroxyl groups is 1. The normalized spacial score (nSPS) is 24.0. The van der Waals surface area contributed by atoms with Crippen molar-refractivity contribution < 1.29 is 13.5 Å². The maximum absolute atomic E-state index is 11.2. The van der Waals surface area contributed by atoms with Crippen molar-refractivity contribution in [3.05, 3.63) is 29.8 Å². The Morgan fingerprint density at radius 3 is 2.48 bits per heavy atom. The molecule has 21 heavy (non-hydrogen) atoms. The molecule has 1 aliphatic rings. The van der Waals surface area contributed by atoms with E-state index in [1.54, 1.807) is 12.1 Å². The molecule has 0 amide bonds. The fourth-order valence-electron chi connectivity index (χ4n) is 2.76. The van der Waals surface area contributed by atoms with Crippen molar-refractivity contribution in [2.75, 3.05) is 17.5 Å². The molecule has 118 valence electrons. The summed E-state index contributed by atoms with van der Waals surface area (Å²) in [6.45, 7) is 2.88. The van der Waals surface area contributed by atoms with Crippen LogP contribution in [0.5, 0.6) is 0 Å². The van der Waals surface area contributed by atoms with Gasteiger partial charge in [0.15, 0.2) is 0 Å². The van der Waals surface area contributed by atoms with Gasteiger partial charge in [-0.05, 0) is 43.4 Å². The van der Waals surface area contributed by atoms with Crippen LogP contribution in [0.2, 0.25) is 0 Å². The second-order valence-electron chi connectivity index (χ2n) is 5.88. The number of hydrogen-bond donors (Lipinski definition) is 3. The Balaban J connectivity index is 1.89. The van der Waals surface area contributed by atoms with Crippen molar-refractivity contribution in [1.82, 2.24) is 5.32 Å². The Labute approximate surface area is 126 Å². The molecule has 0 spiro atoms. The van der Waals surface area contributed by atoms with Crippen LogP contribution in [0, 0.1) is 5.92 Å². The van der Waals surface area contributed by atoms with E-state index in [-0.39, 0.29) is 12.1 Å². The first kappa shape index (κ1) is 16.3. The number of rotatable bonds is 6. The van der Waals surface area contributed by atoms with E-state index in [1.807, 2.05) is 12.1 Å². The van der Waals surface area contributed by atoms with Gasteiger partial charge in [0.1, 0.15) is 0 Å². The Morgan fingerprint density at radius 2 is 1.95 bits per heavy atom. The van der Waals surface area contributed by atoms with Crippen molar-refractivity contribution >= 4 is 15.7 Å². The molecule has 0 radical (unpaired) electrons. The molecule has 3 N–H and O–H groups in total. The van der Waals surface area contributed by atoms with Crippen molar-refractivity contribution in [1.29, 1.82) is 0 Å². The fraction of sp³-hybridized carbons (Fsp3) is 0.600. The van der Waals surface area contributed by atoms with Gasteiger partial charge in [-0.1, -0.05) is 18.6 Å². The summed E-state index contributed by atoms with van der Waals surface area (Å²) >= 11 is 0. The fourth-order valence-corrected chi connectivity index (χ4v) is 3.32. The summed E-state index contributed by atoms with van der Waals surface area (Å²) in [5.74, 6) is 0.346. The second-order valence-corrected chi connectivity index (χ2v) is 7.63. The quantitative estimate of drug-likeness (QED) is 0.749. The highest BCUT2D eigenvalue weighted by Crippen LogP contribution is 2.25. The molecule has 2 rings (SSSR count). The number of benzene rings is 1. The van der Waals surface area contributed by atoms with Crippen LogP contribution in [-0.4, -0.2) is 32.4 Å². The molecular weight excluding hydrogens is 288 g/mol. The minimum atomic E-state index is -3.23. The van der Waals surface area contributed by atoms with Gasteiger partial charge in [-0.2, -0.15) is 0 Å². The Kier molecular flexibility index (Phi) is 5.24. The molecule has 0 bridgehead atoms. The van der Waals surface area contributed by atoms with Gasteiger partial charge in [-0.25, -0.2) is 8.42 Å². The van der Waals surface area contributed by atoms with Crippen LogP contribution in [0.3, 0.4) is 0 Å². The van der Waals surface area contributed by atoms with Crippen molar-refractivity contribution in [2.45, 2.75) is 38.3 Å². The average Bonchev–Trinajstić information content (AvgIpc) is 2.80. The maximum Gasteiger partial charge on any atom is 0.229 e. The highest BCUT2D eigenvalue weighted by Gasteiger charge is 2.25. The zero-order valence-corrected chi connectivity index (χ0v) is 13.4. The van der Waals surface area contributed by atoms with E-state index >= 15 is 0 Å². The monoisotopic (exact) mass is 312 g/mol. The lowest BCUT2D eigenvalue weighted by molar-refractivity contribution is 0.130. The van der Waals surface area contributed by atoms with Gasteiger partial charge < -0.3 is 10.4 Å². The first-order valence-electron chi connectivity index (χ1n) is 7.34. The van der Waals surface area contributed by atoms with Gasteiger partial charge in [0.05, 0.1) is 12.4 Å². The van der Waals surface area contributed by atoms with E-state index in [9.17, 15) is 13.5 Å². The molecule has 6 heteroatoms. The topological polar surface area (TPSA) is 78.4 Å². The highest BCUT2D eigenvalue weighted by atomic mass is 32.2. The van der Waals surface area contributed by atoms with E-state index in [2.05, 4.69) is 17.0 Å². The summed E-state index contributed by atoms with van der Waals surface area (Å²) in [4.78, 5) is 0. The molecule has 3 atom stereocenters. The van der Waals surface area contributed by atoms with Gasteiger partial charge in [0.25, 0.3) is 0 Å². The van der Waals surface area contributed by atoms with Crippen LogP contribution in [0.15, 0.2) is 24.3 Å². The van der Waals surface area contributed by atoms with Crippen molar-refractivity contribution in [3.8, 4) is 0 Å². The third kappa shape index (κ3) is 4.98. The molecule has 0 aliphatic heterocycles.